The molecule has 0 spiro atoms. The molecule has 1 N–H and O–H groups in total. The number of benzene rings is 2. The van der Waals surface area contributed by atoms with Gasteiger partial charge < -0.3 is 5.11 Å². The first-order valence-electron chi connectivity index (χ1n) is 7.11. The van der Waals surface area contributed by atoms with Crippen molar-refractivity contribution in [3.63, 3.8) is 0 Å². The molecule has 4 aromatic rings. The van der Waals surface area contributed by atoms with E-state index < -0.39 is 0 Å². The molecule has 2 aromatic carbocycles. The second-order valence-electron chi connectivity index (χ2n) is 5.16. The average Bonchev–Trinajstić information content (AvgIpc) is 2.95. The van der Waals surface area contributed by atoms with Crippen LogP contribution in [0.3, 0.4) is 0 Å². The predicted octanol–water partition coefficient (Wildman–Crippen LogP) is 3.93. The number of aromatic hydroxyl groups is 1. The van der Waals surface area contributed by atoms with E-state index >= 15 is 0 Å². The fraction of sp³-hybridized carbons (Fsp3) is 0. The number of nitrogens with zero attached hydrogens (tertiary/aromatic N) is 3. The number of phenolic OH excluding ortho intramolecular Hbond substituents is 1. The Morgan fingerprint density at radius 1 is 0.957 bits per heavy atom. The van der Waals surface area contributed by atoms with Gasteiger partial charge in [0, 0.05) is 23.2 Å². The van der Waals surface area contributed by atoms with Gasteiger partial charge in [0.25, 0.3) is 0 Å². The summed E-state index contributed by atoms with van der Waals surface area (Å²) in [6, 6.07) is 16.8. The summed E-state index contributed by atoms with van der Waals surface area (Å²) in [6.07, 6.45) is 1.69. The molecule has 0 radical (unpaired) electrons. The van der Waals surface area contributed by atoms with Crippen LogP contribution in [0.15, 0.2) is 66.9 Å². The lowest BCUT2D eigenvalue weighted by Gasteiger charge is -2.02. The zero-order valence-corrected chi connectivity index (χ0v) is 12.0. The summed E-state index contributed by atoms with van der Waals surface area (Å²) in [6.45, 7) is 0. The highest BCUT2D eigenvalue weighted by Crippen LogP contribution is 2.29. The first-order valence-corrected chi connectivity index (χ1v) is 7.11. The zero-order valence-electron chi connectivity index (χ0n) is 12.0. The van der Waals surface area contributed by atoms with Crippen molar-refractivity contribution in [2.24, 2.45) is 0 Å². The van der Waals surface area contributed by atoms with Gasteiger partial charge in [-0.15, -0.1) is 0 Å². The first-order chi connectivity index (χ1) is 11.2. The highest BCUT2D eigenvalue weighted by molar-refractivity contribution is 5.91. The van der Waals surface area contributed by atoms with Gasteiger partial charge in [-0.05, 0) is 48.5 Å². The van der Waals surface area contributed by atoms with Crippen LogP contribution in [0, 0.1) is 5.82 Å². The number of halogens is 1. The molecule has 4 nitrogen and oxygen atoms in total. The van der Waals surface area contributed by atoms with Gasteiger partial charge in [-0.25, -0.2) is 14.1 Å². The molecule has 112 valence electrons. The third kappa shape index (κ3) is 2.32. The third-order valence-corrected chi connectivity index (χ3v) is 3.63. The van der Waals surface area contributed by atoms with E-state index in [1.807, 2.05) is 18.2 Å². The summed E-state index contributed by atoms with van der Waals surface area (Å²) < 4.78 is 14.8. The normalized spacial score (nSPS) is 11.0. The van der Waals surface area contributed by atoms with E-state index in [0.29, 0.717) is 11.3 Å². The fourth-order valence-electron chi connectivity index (χ4n) is 2.58. The molecule has 0 bridgehead atoms. The van der Waals surface area contributed by atoms with Crippen LogP contribution >= 0.6 is 0 Å². The Hall–Kier alpha value is -3.21. The van der Waals surface area contributed by atoms with Gasteiger partial charge >= 0.3 is 0 Å². The second-order valence-corrected chi connectivity index (χ2v) is 5.16. The minimum Gasteiger partial charge on any atom is -0.508 e. The van der Waals surface area contributed by atoms with Gasteiger partial charge in [0.2, 0.25) is 0 Å². The Bertz CT molecular complexity index is 993. The lowest BCUT2D eigenvalue weighted by molar-refractivity contribution is 0.475. The lowest BCUT2D eigenvalue weighted by Crippen LogP contribution is -1.97. The van der Waals surface area contributed by atoms with E-state index in [0.717, 1.165) is 16.6 Å². The summed E-state index contributed by atoms with van der Waals surface area (Å²) >= 11 is 0. The van der Waals surface area contributed by atoms with E-state index in [1.54, 1.807) is 41.2 Å². The van der Waals surface area contributed by atoms with Crippen molar-refractivity contribution in [1.82, 2.24) is 14.8 Å². The van der Waals surface area contributed by atoms with Gasteiger partial charge in [-0.1, -0.05) is 6.07 Å². The number of pyridine rings is 1. The van der Waals surface area contributed by atoms with E-state index in [-0.39, 0.29) is 11.6 Å². The van der Waals surface area contributed by atoms with Crippen molar-refractivity contribution < 1.29 is 9.50 Å². The molecule has 0 aliphatic heterocycles. The van der Waals surface area contributed by atoms with Crippen LogP contribution < -0.4 is 0 Å². The van der Waals surface area contributed by atoms with Gasteiger partial charge in [0.15, 0.2) is 5.65 Å². The van der Waals surface area contributed by atoms with E-state index in [9.17, 15) is 9.50 Å². The first kappa shape index (κ1) is 13.5. The molecule has 0 aliphatic carbocycles. The summed E-state index contributed by atoms with van der Waals surface area (Å²) in [5.41, 5.74) is 2.92. The van der Waals surface area contributed by atoms with Crippen molar-refractivity contribution in [1.29, 1.82) is 0 Å². The van der Waals surface area contributed by atoms with Crippen LogP contribution in [0.4, 0.5) is 4.39 Å². The minimum absolute atomic E-state index is 0.158. The topological polar surface area (TPSA) is 50.9 Å². The molecule has 0 fully saturated rings. The van der Waals surface area contributed by atoms with Crippen LogP contribution in [0.5, 0.6) is 5.75 Å². The number of phenols is 1. The monoisotopic (exact) mass is 305 g/mol. The van der Waals surface area contributed by atoms with E-state index in [4.69, 9.17) is 0 Å². The van der Waals surface area contributed by atoms with Gasteiger partial charge in [0.1, 0.15) is 17.3 Å². The summed E-state index contributed by atoms with van der Waals surface area (Å²) in [5.74, 6) is -0.131. The molecule has 0 aliphatic rings. The van der Waals surface area contributed by atoms with Crippen LogP contribution in [0.1, 0.15) is 0 Å². The number of rotatable bonds is 2. The molecule has 0 unspecified atom stereocenters. The Balaban J connectivity index is 1.98. The Labute approximate surface area is 131 Å². The van der Waals surface area contributed by atoms with Gasteiger partial charge in [-0.3, -0.25) is 0 Å². The van der Waals surface area contributed by atoms with Crippen molar-refractivity contribution >= 4 is 11.0 Å². The number of fused-ring (bicyclic) bond motifs is 1. The smallest absolute Gasteiger partial charge is 0.163 e. The molecule has 0 atom stereocenters. The standard InChI is InChI=1S/C18H12FN3O/c19-13-8-6-12(7-9-13)17-16-5-2-10-20-18(16)22(21-17)14-3-1-4-15(23)11-14/h1-11,23H. The molecule has 23 heavy (non-hydrogen) atoms. The minimum atomic E-state index is -0.288. The Kier molecular flexibility index (Phi) is 3.05. The predicted molar refractivity (Wildman–Crippen MR) is 85.9 cm³/mol. The van der Waals surface area contributed by atoms with Crippen LogP contribution in [-0.4, -0.2) is 19.9 Å². The molecule has 2 aromatic heterocycles. The SMILES string of the molecule is Oc1cccc(-n2nc(-c3ccc(F)cc3)c3cccnc32)c1. The van der Waals surface area contributed by atoms with Crippen LogP contribution in [0.2, 0.25) is 0 Å². The maximum absolute atomic E-state index is 13.2. The quantitative estimate of drug-likeness (QED) is 0.610. The molecule has 0 saturated heterocycles. The lowest BCUT2D eigenvalue weighted by atomic mass is 10.1. The van der Waals surface area contributed by atoms with Crippen molar-refractivity contribution in [2.75, 3.05) is 0 Å². The van der Waals surface area contributed by atoms with Crippen molar-refractivity contribution in [3.05, 3.63) is 72.7 Å². The van der Waals surface area contributed by atoms with E-state index in [2.05, 4.69) is 10.1 Å². The van der Waals surface area contributed by atoms with Crippen molar-refractivity contribution in [3.8, 4) is 22.7 Å². The number of hydrogen-bond donors (Lipinski definition) is 1. The molecule has 2 heterocycles. The molecular formula is C18H12FN3O. The highest BCUT2D eigenvalue weighted by Gasteiger charge is 2.14. The molecular weight excluding hydrogens is 293 g/mol. The summed E-state index contributed by atoms with van der Waals surface area (Å²) in [5, 5.41) is 15.2. The second kappa shape index (κ2) is 5.21. The maximum Gasteiger partial charge on any atom is 0.163 e. The van der Waals surface area contributed by atoms with Gasteiger partial charge in [0.05, 0.1) is 5.69 Å². The molecule has 0 amide bonds. The summed E-state index contributed by atoms with van der Waals surface area (Å²) in [4.78, 5) is 4.40. The van der Waals surface area contributed by atoms with Gasteiger partial charge in [-0.2, -0.15) is 5.10 Å². The number of hydrogen-bond acceptors (Lipinski definition) is 3. The Morgan fingerprint density at radius 2 is 1.78 bits per heavy atom. The third-order valence-electron chi connectivity index (χ3n) is 3.63. The number of aromatic nitrogens is 3. The molecule has 5 heteroatoms. The van der Waals surface area contributed by atoms with Crippen molar-refractivity contribution in [2.45, 2.75) is 0 Å². The fourth-order valence-corrected chi connectivity index (χ4v) is 2.58. The Morgan fingerprint density at radius 3 is 2.57 bits per heavy atom. The van der Waals surface area contributed by atoms with E-state index in [1.165, 1.54) is 12.1 Å². The molecule has 4 rings (SSSR count). The summed E-state index contributed by atoms with van der Waals surface area (Å²) in [7, 11) is 0. The molecule has 0 saturated carbocycles. The zero-order chi connectivity index (χ0) is 15.8. The largest absolute Gasteiger partial charge is 0.508 e. The van der Waals surface area contributed by atoms with Crippen LogP contribution in [0.25, 0.3) is 28.0 Å². The van der Waals surface area contributed by atoms with Crippen LogP contribution in [-0.2, 0) is 0 Å². The maximum atomic E-state index is 13.2. The average molecular weight is 305 g/mol. The highest BCUT2D eigenvalue weighted by atomic mass is 19.1.